The molecule has 4 heteroatoms. The van der Waals surface area contributed by atoms with Crippen molar-refractivity contribution >= 4 is 5.82 Å². The molecule has 0 spiro atoms. The summed E-state index contributed by atoms with van der Waals surface area (Å²) in [6, 6.07) is 1.95. The fourth-order valence-corrected chi connectivity index (χ4v) is 1.33. The third kappa shape index (κ3) is 3.83. The minimum absolute atomic E-state index is 0.154. The number of ether oxygens (including phenoxy) is 1. The predicted molar refractivity (Wildman–Crippen MR) is 61.1 cm³/mol. The van der Waals surface area contributed by atoms with Gasteiger partial charge in [0.2, 0.25) is 0 Å². The predicted octanol–water partition coefficient (Wildman–Crippen LogP) is 1.79. The van der Waals surface area contributed by atoms with Crippen LogP contribution in [0.3, 0.4) is 0 Å². The molecule has 0 saturated carbocycles. The van der Waals surface area contributed by atoms with E-state index < -0.39 is 0 Å². The van der Waals surface area contributed by atoms with Crippen LogP contribution < -0.4 is 5.32 Å². The average Bonchev–Trinajstić information content (AvgIpc) is 2.17. The van der Waals surface area contributed by atoms with Crippen LogP contribution in [0, 0.1) is 6.92 Å². The van der Waals surface area contributed by atoms with Crippen molar-refractivity contribution in [2.75, 3.05) is 19.0 Å². The number of rotatable bonds is 5. The Balaban J connectivity index is 2.78. The molecular formula is C11H19N3O. The van der Waals surface area contributed by atoms with E-state index in [1.807, 2.05) is 19.9 Å². The SMILES string of the molecule is CCNc1cc(C)nc(CC(C)OC)n1. The van der Waals surface area contributed by atoms with Gasteiger partial charge in [0.25, 0.3) is 0 Å². The third-order valence-electron chi connectivity index (χ3n) is 2.13. The number of nitrogens with zero attached hydrogens (tertiary/aromatic N) is 2. The molecule has 15 heavy (non-hydrogen) atoms. The van der Waals surface area contributed by atoms with Crippen molar-refractivity contribution in [2.24, 2.45) is 0 Å². The molecule has 0 bridgehead atoms. The van der Waals surface area contributed by atoms with Crippen LogP contribution in [0.1, 0.15) is 25.4 Å². The van der Waals surface area contributed by atoms with E-state index in [1.54, 1.807) is 7.11 Å². The highest BCUT2D eigenvalue weighted by Crippen LogP contribution is 2.08. The quantitative estimate of drug-likeness (QED) is 0.803. The van der Waals surface area contributed by atoms with Gasteiger partial charge < -0.3 is 10.1 Å². The lowest BCUT2D eigenvalue weighted by molar-refractivity contribution is 0.117. The minimum atomic E-state index is 0.154. The summed E-state index contributed by atoms with van der Waals surface area (Å²) in [5.74, 6) is 1.73. The van der Waals surface area contributed by atoms with Crippen molar-refractivity contribution in [2.45, 2.75) is 33.3 Å². The van der Waals surface area contributed by atoms with Gasteiger partial charge in [-0.2, -0.15) is 0 Å². The first-order valence-corrected chi connectivity index (χ1v) is 5.27. The third-order valence-corrected chi connectivity index (χ3v) is 2.13. The van der Waals surface area contributed by atoms with Gasteiger partial charge in [-0.05, 0) is 20.8 Å². The highest BCUT2D eigenvalue weighted by atomic mass is 16.5. The van der Waals surface area contributed by atoms with E-state index in [0.29, 0.717) is 0 Å². The Morgan fingerprint density at radius 3 is 2.80 bits per heavy atom. The minimum Gasteiger partial charge on any atom is -0.381 e. The molecule has 1 aromatic rings. The number of nitrogens with one attached hydrogen (secondary N) is 1. The molecule has 1 heterocycles. The number of aryl methyl sites for hydroxylation is 1. The van der Waals surface area contributed by atoms with Crippen molar-refractivity contribution in [1.82, 2.24) is 9.97 Å². The summed E-state index contributed by atoms with van der Waals surface area (Å²) in [4.78, 5) is 8.78. The second kappa shape index (κ2) is 5.66. The van der Waals surface area contributed by atoms with Crippen LogP contribution in [-0.2, 0) is 11.2 Å². The van der Waals surface area contributed by atoms with Crippen LogP contribution in [0.4, 0.5) is 5.82 Å². The van der Waals surface area contributed by atoms with E-state index >= 15 is 0 Å². The number of anilines is 1. The number of hydrogen-bond donors (Lipinski definition) is 1. The van der Waals surface area contributed by atoms with Crippen LogP contribution in [0.15, 0.2) is 6.07 Å². The van der Waals surface area contributed by atoms with Crippen LogP contribution >= 0.6 is 0 Å². The smallest absolute Gasteiger partial charge is 0.133 e. The summed E-state index contributed by atoms with van der Waals surface area (Å²) < 4.78 is 5.19. The van der Waals surface area contributed by atoms with E-state index in [4.69, 9.17) is 4.74 Å². The molecule has 0 amide bonds. The topological polar surface area (TPSA) is 47.0 Å². The largest absolute Gasteiger partial charge is 0.381 e. The van der Waals surface area contributed by atoms with Crippen LogP contribution in [0.5, 0.6) is 0 Å². The van der Waals surface area contributed by atoms with E-state index in [0.717, 1.165) is 30.3 Å². The Labute approximate surface area is 91.1 Å². The first-order chi connectivity index (χ1) is 7.15. The first-order valence-electron chi connectivity index (χ1n) is 5.27. The fourth-order valence-electron chi connectivity index (χ4n) is 1.33. The molecule has 0 aliphatic carbocycles. The summed E-state index contributed by atoms with van der Waals surface area (Å²) in [5, 5.41) is 3.19. The van der Waals surface area contributed by atoms with E-state index in [9.17, 15) is 0 Å². The molecule has 1 atom stereocenters. The fraction of sp³-hybridized carbons (Fsp3) is 0.636. The lowest BCUT2D eigenvalue weighted by Crippen LogP contribution is -2.13. The molecule has 0 aliphatic rings. The normalized spacial score (nSPS) is 12.5. The van der Waals surface area contributed by atoms with Gasteiger partial charge in [0.15, 0.2) is 0 Å². The maximum atomic E-state index is 5.19. The lowest BCUT2D eigenvalue weighted by atomic mass is 10.2. The van der Waals surface area contributed by atoms with Crippen LogP contribution in [0.2, 0.25) is 0 Å². The molecule has 1 N–H and O–H groups in total. The molecule has 1 rings (SSSR count). The second-order valence-electron chi connectivity index (χ2n) is 3.59. The van der Waals surface area contributed by atoms with Gasteiger partial charge in [0, 0.05) is 31.8 Å². The number of methoxy groups -OCH3 is 1. The molecule has 0 saturated heterocycles. The number of aromatic nitrogens is 2. The zero-order valence-corrected chi connectivity index (χ0v) is 9.87. The zero-order chi connectivity index (χ0) is 11.3. The Morgan fingerprint density at radius 2 is 2.20 bits per heavy atom. The Kier molecular flexibility index (Phi) is 4.49. The molecule has 1 unspecified atom stereocenters. The van der Waals surface area contributed by atoms with Crippen molar-refractivity contribution < 1.29 is 4.74 Å². The van der Waals surface area contributed by atoms with Crippen molar-refractivity contribution in [3.05, 3.63) is 17.6 Å². The molecule has 0 aromatic carbocycles. The maximum absolute atomic E-state index is 5.19. The average molecular weight is 209 g/mol. The van der Waals surface area contributed by atoms with Crippen LogP contribution in [-0.4, -0.2) is 29.7 Å². The zero-order valence-electron chi connectivity index (χ0n) is 9.87. The summed E-state index contributed by atoms with van der Waals surface area (Å²) in [5.41, 5.74) is 0.985. The summed E-state index contributed by atoms with van der Waals surface area (Å²) >= 11 is 0. The van der Waals surface area contributed by atoms with Crippen molar-refractivity contribution in [1.29, 1.82) is 0 Å². The van der Waals surface area contributed by atoms with Crippen molar-refractivity contribution in [3.8, 4) is 0 Å². The summed E-state index contributed by atoms with van der Waals surface area (Å²) in [6.45, 7) is 6.91. The highest BCUT2D eigenvalue weighted by molar-refractivity contribution is 5.35. The van der Waals surface area contributed by atoms with Crippen molar-refractivity contribution in [3.63, 3.8) is 0 Å². The number of hydrogen-bond acceptors (Lipinski definition) is 4. The van der Waals surface area contributed by atoms with E-state index in [1.165, 1.54) is 0 Å². The highest BCUT2D eigenvalue weighted by Gasteiger charge is 2.06. The van der Waals surface area contributed by atoms with Gasteiger partial charge in [-0.3, -0.25) is 0 Å². The maximum Gasteiger partial charge on any atom is 0.133 e. The van der Waals surface area contributed by atoms with Gasteiger partial charge in [-0.15, -0.1) is 0 Å². The first kappa shape index (κ1) is 11.9. The molecule has 84 valence electrons. The molecule has 0 radical (unpaired) electrons. The van der Waals surface area contributed by atoms with Gasteiger partial charge in [-0.25, -0.2) is 9.97 Å². The van der Waals surface area contributed by atoms with Gasteiger partial charge in [0.1, 0.15) is 11.6 Å². The van der Waals surface area contributed by atoms with Gasteiger partial charge in [-0.1, -0.05) is 0 Å². The summed E-state index contributed by atoms with van der Waals surface area (Å²) in [6.07, 6.45) is 0.901. The monoisotopic (exact) mass is 209 g/mol. The molecule has 0 fully saturated rings. The van der Waals surface area contributed by atoms with E-state index in [2.05, 4.69) is 22.2 Å². The summed E-state index contributed by atoms with van der Waals surface area (Å²) in [7, 11) is 1.70. The molecular weight excluding hydrogens is 190 g/mol. The molecule has 4 nitrogen and oxygen atoms in total. The Bertz CT molecular complexity index is 315. The molecule has 0 aliphatic heterocycles. The Hall–Kier alpha value is -1.16. The van der Waals surface area contributed by atoms with E-state index in [-0.39, 0.29) is 6.10 Å². The molecule has 1 aromatic heterocycles. The van der Waals surface area contributed by atoms with Gasteiger partial charge >= 0.3 is 0 Å². The second-order valence-corrected chi connectivity index (χ2v) is 3.59. The standard InChI is InChI=1S/C11H19N3O/c1-5-12-10-6-8(2)13-11(14-10)7-9(3)15-4/h6,9H,5,7H2,1-4H3,(H,12,13,14). The van der Waals surface area contributed by atoms with Crippen LogP contribution in [0.25, 0.3) is 0 Å². The lowest BCUT2D eigenvalue weighted by Gasteiger charge is -2.10. The van der Waals surface area contributed by atoms with Gasteiger partial charge in [0.05, 0.1) is 6.10 Å². The Morgan fingerprint density at radius 1 is 1.47 bits per heavy atom.